The van der Waals surface area contributed by atoms with E-state index in [1.54, 1.807) is 5.56 Å². The fourth-order valence-corrected chi connectivity index (χ4v) is 3.11. The zero-order valence-electron chi connectivity index (χ0n) is 14.7. The molecule has 1 atom stereocenters. The van der Waals surface area contributed by atoms with Crippen LogP contribution in [0.25, 0.3) is 0 Å². The van der Waals surface area contributed by atoms with Crippen molar-refractivity contribution in [1.82, 2.24) is 5.32 Å². The fraction of sp³-hybridized carbons (Fsp3) is 0.700. The van der Waals surface area contributed by atoms with Crippen LogP contribution in [0.2, 0.25) is 0 Å². The molecule has 1 unspecified atom stereocenters. The zero-order valence-corrected chi connectivity index (χ0v) is 14.7. The molecule has 120 valence electrons. The first kappa shape index (κ1) is 18.2. The Hall–Kier alpha value is -0.820. The number of unbranched alkanes of at least 4 members (excludes halogenated alkanes) is 6. The van der Waals surface area contributed by atoms with Gasteiger partial charge in [-0.1, -0.05) is 70.1 Å². The maximum absolute atomic E-state index is 3.52. The van der Waals surface area contributed by atoms with Gasteiger partial charge in [-0.3, -0.25) is 0 Å². The number of rotatable bonds is 11. The van der Waals surface area contributed by atoms with Crippen LogP contribution in [-0.4, -0.2) is 13.1 Å². The van der Waals surface area contributed by atoms with Crippen LogP contribution in [0.5, 0.6) is 0 Å². The van der Waals surface area contributed by atoms with E-state index >= 15 is 0 Å². The van der Waals surface area contributed by atoms with Gasteiger partial charge in [0.2, 0.25) is 0 Å². The second-order valence-corrected chi connectivity index (χ2v) is 6.47. The lowest BCUT2D eigenvalue weighted by Crippen LogP contribution is -2.28. The predicted octanol–water partition coefficient (Wildman–Crippen LogP) is 5.57. The smallest absolute Gasteiger partial charge is 0.0105 e. The minimum atomic E-state index is 0.625. The standard InChI is InChI=1S/C20H35N/c1-5-6-7-8-9-10-11-15-19(21-4)16-20-17(2)13-12-14-18(20)3/h12-14,19,21H,5-11,15-16H2,1-4H3. The van der Waals surface area contributed by atoms with Crippen LogP contribution in [0.1, 0.15) is 75.0 Å². The monoisotopic (exact) mass is 289 g/mol. The molecule has 0 saturated carbocycles. The van der Waals surface area contributed by atoms with Crippen molar-refractivity contribution in [2.75, 3.05) is 7.05 Å². The van der Waals surface area contributed by atoms with Gasteiger partial charge < -0.3 is 5.32 Å². The van der Waals surface area contributed by atoms with E-state index in [1.165, 1.54) is 68.9 Å². The van der Waals surface area contributed by atoms with E-state index < -0.39 is 0 Å². The highest BCUT2D eigenvalue weighted by Gasteiger charge is 2.10. The SMILES string of the molecule is CCCCCCCCCC(Cc1c(C)cccc1C)NC. The van der Waals surface area contributed by atoms with Crippen LogP contribution in [0.4, 0.5) is 0 Å². The Kier molecular flexibility index (Phi) is 9.41. The van der Waals surface area contributed by atoms with Gasteiger partial charge in [-0.25, -0.2) is 0 Å². The first-order valence-electron chi connectivity index (χ1n) is 8.91. The van der Waals surface area contributed by atoms with E-state index in [9.17, 15) is 0 Å². The quantitative estimate of drug-likeness (QED) is 0.525. The molecule has 0 bridgehead atoms. The molecule has 1 nitrogen and oxygen atoms in total. The van der Waals surface area contributed by atoms with Gasteiger partial charge in [0.1, 0.15) is 0 Å². The van der Waals surface area contributed by atoms with Gasteiger partial charge >= 0.3 is 0 Å². The van der Waals surface area contributed by atoms with Gasteiger partial charge in [0.25, 0.3) is 0 Å². The summed E-state index contributed by atoms with van der Waals surface area (Å²) in [5.74, 6) is 0. The molecule has 0 aliphatic rings. The lowest BCUT2D eigenvalue weighted by molar-refractivity contribution is 0.477. The zero-order chi connectivity index (χ0) is 15.5. The molecule has 0 spiro atoms. The third-order valence-electron chi connectivity index (χ3n) is 4.66. The van der Waals surface area contributed by atoms with Gasteiger partial charge in [0.15, 0.2) is 0 Å². The molecule has 0 aliphatic carbocycles. The van der Waals surface area contributed by atoms with E-state index in [2.05, 4.69) is 51.3 Å². The Labute approximate surface area is 132 Å². The third kappa shape index (κ3) is 7.13. The normalized spacial score (nSPS) is 12.6. The summed E-state index contributed by atoms with van der Waals surface area (Å²) >= 11 is 0. The van der Waals surface area contributed by atoms with Crippen molar-refractivity contribution < 1.29 is 0 Å². The molecule has 1 N–H and O–H groups in total. The first-order chi connectivity index (χ1) is 10.2. The fourth-order valence-electron chi connectivity index (χ4n) is 3.11. The van der Waals surface area contributed by atoms with Gasteiger partial charge in [-0.2, -0.15) is 0 Å². The van der Waals surface area contributed by atoms with E-state index in [0.29, 0.717) is 6.04 Å². The van der Waals surface area contributed by atoms with Crippen LogP contribution in [-0.2, 0) is 6.42 Å². The first-order valence-corrected chi connectivity index (χ1v) is 8.91. The summed E-state index contributed by atoms with van der Waals surface area (Å²) in [4.78, 5) is 0. The van der Waals surface area contributed by atoms with Crippen LogP contribution in [0.3, 0.4) is 0 Å². The predicted molar refractivity (Wildman–Crippen MR) is 95.1 cm³/mol. The largest absolute Gasteiger partial charge is 0.317 e. The molecule has 21 heavy (non-hydrogen) atoms. The van der Waals surface area contributed by atoms with Crippen molar-refractivity contribution in [2.24, 2.45) is 0 Å². The average Bonchev–Trinajstić information content (AvgIpc) is 2.48. The maximum Gasteiger partial charge on any atom is 0.0105 e. The molecule has 0 heterocycles. The minimum absolute atomic E-state index is 0.625. The number of nitrogens with one attached hydrogen (secondary N) is 1. The van der Waals surface area contributed by atoms with Crippen molar-refractivity contribution in [1.29, 1.82) is 0 Å². The van der Waals surface area contributed by atoms with E-state index in [4.69, 9.17) is 0 Å². The lowest BCUT2D eigenvalue weighted by Gasteiger charge is -2.19. The van der Waals surface area contributed by atoms with Crippen molar-refractivity contribution in [3.05, 3.63) is 34.9 Å². The Balaban J connectivity index is 2.29. The van der Waals surface area contributed by atoms with E-state index in [-0.39, 0.29) is 0 Å². The maximum atomic E-state index is 3.52. The summed E-state index contributed by atoms with van der Waals surface area (Å²) in [6.45, 7) is 6.76. The van der Waals surface area contributed by atoms with Crippen molar-refractivity contribution in [3.63, 3.8) is 0 Å². The van der Waals surface area contributed by atoms with Crippen molar-refractivity contribution in [3.8, 4) is 0 Å². The molecular weight excluding hydrogens is 254 g/mol. The van der Waals surface area contributed by atoms with Crippen molar-refractivity contribution in [2.45, 2.75) is 84.6 Å². The molecule has 0 aliphatic heterocycles. The number of hydrogen-bond donors (Lipinski definition) is 1. The molecule has 1 aromatic carbocycles. The van der Waals surface area contributed by atoms with Gasteiger partial charge in [-0.15, -0.1) is 0 Å². The molecule has 0 aromatic heterocycles. The highest BCUT2D eigenvalue weighted by molar-refractivity contribution is 5.34. The van der Waals surface area contributed by atoms with Gasteiger partial charge in [0, 0.05) is 6.04 Å². The van der Waals surface area contributed by atoms with Crippen LogP contribution < -0.4 is 5.32 Å². The van der Waals surface area contributed by atoms with Crippen LogP contribution >= 0.6 is 0 Å². The molecule has 0 radical (unpaired) electrons. The number of benzene rings is 1. The Morgan fingerprint density at radius 1 is 0.905 bits per heavy atom. The van der Waals surface area contributed by atoms with Crippen molar-refractivity contribution >= 4 is 0 Å². The van der Waals surface area contributed by atoms with Gasteiger partial charge in [-0.05, 0) is 50.4 Å². The summed E-state index contributed by atoms with van der Waals surface area (Å²) < 4.78 is 0. The van der Waals surface area contributed by atoms with Crippen LogP contribution in [0, 0.1) is 13.8 Å². The summed E-state index contributed by atoms with van der Waals surface area (Å²) in [6.07, 6.45) is 12.3. The molecule has 0 saturated heterocycles. The van der Waals surface area contributed by atoms with E-state index in [0.717, 1.165) is 0 Å². The summed E-state index contributed by atoms with van der Waals surface area (Å²) in [7, 11) is 2.11. The third-order valence-corrected chi connectivity index (χ3v) is 4.66. The Morgan fingerprint density at radius 3 is 2.05 bits per heavy atom. The van der Waals surface area contributed by atoms with Crippen LogP contribution in [0.15, 0.2) is 18.2 Å². The lowest BCUT2D eigenvalue weighted by atomic mass is 9.94. The Morgan fingerprint density at radius 2 is 1.48 bits per heavy atom. The summed E-state index contributed by atoms with van der Waals surface area (Å²) in [5, 5.41) is 3.52. The molecule has 0 fully saturated rings. The highest BCUT2D eigenvalue weighted by Crippen LogP contribution is 2.18. The second-order valence-electron chi connectivity index (χ2n) is 6.47. The topological polar surface area (TPSA) is 12.0 Å². The molecule has 1 rings (SSSR count). The molecule has 0 amide bonds. The minimum Gasteiger partial charge on any atom is -0.317 e. The molecule has 1 aromatic rings. The number of likely N-dealkylation sites (N-methyl/N-ethyl adjacent to an activating group) is 1. The highest BCUT2D eigenvalue weighted by atomic mass is 14.9. The van der Waals surface area contributed by atoms with Gasteiger partial charge in [0.05, 0.1) is 0 Å². The summed E-state index contributed by atoms with van der Waals surface area (Å²) in [6, 6.07) is 7.27. The van der Waals surface area contributed by atoms with E-state index in [1.807, 2.05) is 0 Å². The summed E-state index contributed by atoms with van der Waals surface area (Å²) in [5.41, 5.74) is 4.42. The molecule has 1 heteroatoms. The number of hydrogen-bond acceptors (Lipinski definition) is 1. The number of aryl methyl sites for hydroxylation is 2. The Bertz CT molecular complexity index is 363. The molecular formula is C20H35N. The average molecular weight is 290 g/mol. The second kappa shape index (κ2) is 10.8.